The van der Waals surface area contributed by atoms with E-state index in [0.29, 0.717) is 0 Å². The van der Waals surface area contributed by atoms with Crippen molar-refractivity contribution < 1.29 is 24.3 Å². The van der Waals surface area contributed by atoms with Crippen molar-refractivity contribution in [1.82, 2.24) is 0 Å². The fourth-order valence-electron chi connectivity index (χ4n) is 3.01. The second kappa shape index (κ2) is 5.66. The lowest BCUT2D eigenvalue weighted by Gasteiger charge is -2.38. The highest BCUT2D eigenvalue weighted by molar-refractivity contribution is 6.35. The molecule has 0 bridgehead atoms. The molecule has 2 aliphatic rings. The molecule has 0 spiro atoms. The molecule has 116 valence electrons. The van der Waals surface area contributed by atoms with E-state index in [1.54, 1.807) is 6.92 Å². The maximum Gasteiger partial charge on any atom is 0.309 e. The number of carbonyl (C=O) groups is 1. The van der Waals surface area contributed by atoms with Crippen LogP contribution in [-0.2, 0) is 14.3 Å². The molecule has 0 aromatic rings. The average molecular weight is 299 g/mol. The first-order valence-corrected chi connectivity index (χ1v) is 6.51. The molecular weight excluding hydrogens is 282 g/mol. The molecule has 9 nitrogen and oxygen atoms in total. The second-order valence-electron chi connectivity index (χ2n) is 5.15. The summed E-state index contributed by atoms with van der Waals surface area (Å²) in [5.41, 5.74) is 0. The summed E-state index contributed by atoms with van der Waals surface area (Å²) in [4.78, 5) is 30.7. The van der Waals surface area contributed by atoms with Crippen LogP contribution in [0.25, 0.3) is 0 Å². The number of rotatable bonds is 2. The van der Waals surface area contributed by atoms with Crippen molar-refractivity contribution >= 4 is 17.8 Å². The number of aliphatic imine (C=N–C) groups is 2. The fourth-order valence-corrected chi connectivity index (χ4v) is 3.01. The van der Waals surface area contributed by atoms with Gasteiger partial charge >= 0.3 is 5.97 Å². The number of hydrogen-bond acceptors (Lipinski definition) is 7. The van der Waals surface area contributed by atoms with Crippen LogP contribution < -0.4 is 0 Å². The van der Waals surface area contributed by atoms with E-state index < -0.39 is 40.9 Å². The molecule has 0 aromatic carbocycles. The van der Waals surface area contributed by atoms with Gasteiger partial charge < -0.3 is 14.6 Å². The summed E-state index contributed by atoms with van der Waals surface area (Å²) < 4.78 is 10.1. The van der Waals surface area contributed by atoms with Gasteiger partial charge in [0, 0.05) is 17.3 Å². The van der Waals surface area contributed by atoms with Gasteiger partial charge in [-0.3, -0.25) is 14.9 Å². The van der Waals surface area contributed by atoms with Gasteiger partial charge in [0.2, 0.25) is 6.04 Å². The lowest BCUT2D eigenvalue weighted by Crippen LogP contribution is -2.54. The summed E-state index contributed by atoms with van der Waals surface area (Å²) in [6.07, 6.45) is 0.135. The Kier molecular flexibility index (Phi) is 4.10. The van der Waals surface area contributed by atoms with Crippen LogP contribution in [0.5, 0.6) is 0 Å². The number of fused-ring (bicyclic) bond motifs is 1. The molecule has 0 aromatic heterocycles. The number of aliphatic carboxylic acids is 1. The van der Waals surface area contributed by atoms with E-state index in [-0.39, 0.29) is 18.2 Å². The number of nitro groups is 1. The molecule has 0 radical (unpaired) electrons. The quantitative estimate of drug-likeness (QED) is 0.574. The van der Waals surface area contributed by atoms with Gasteiger partial charge in [-0.05, 0) is 0 Å². The van der Waals surface area contributed by atoms with Crippen LogP contribution in [0.3, 0.4) is 0 Å². The van der Waals surface area contributed by atoms with Gasteiger partial charge in [0.15, 0.2) is 0 Å². The third kappa shape index (κ3) is 2.55. The predicted octanol–water partition coefficient (Wildman–Crippen LogP) is 0.213. The molecule has 21 heavy (non-hydrogen) atoms. The Hall–Kier alpha value is -2.19. The molecule has 0 saturated heterocycles. The molecular formula is C12H17N3O6. The molecule has 1 aliphatic heterocycles. The Morgan fingerprint density at radius 3 is 2.38 bits per heavy atom. The number of hydrogen-bond donors (Lipinski definition) is 1. The number of carboxylic acid groups (broad SMARTS) is 1. The minimum Gasteiger partial charge on any atom is -0.481 e. The van der Waals surface area contributed by atoms with E-state index >= 15 is 0 Å². The van der Waals surface area contributed by atoms with Crippen LogP contribution in [0.1, 0.15) is 13.3 Å². The summed E-state index contributed by atoms with van der Waals surface area (Å²) in [5, 5.41) is 20.6. The molecule has 1 aliphatic carbocycles. The molecule has 1 heterocycles. The Morgan fingerprint density at radius 2 is 1.90 bits per heavy atom. The maximum absolute atomic E-state index is 11.5. The highest BCUT2D eigenvalue weighted by atomic mass is 16.6. The predicted molar refractivity (Wildman–Crippen MR) is 72.2 cm³/mol. The van der Waals surface area contributed by atoms with E-state index in [1.165, 1.54) is 14.2 Å². The fraction of sp³-hybridized carbons (Fsp3) is 0.750. The first-order chi connectivity index (χ1) is 9.90. The van der Waals surface area contributed by atoms with Crippen LogP contribution in [0.4, 0.5) is 0 Å². The number of methoxy groups -OCH3 is 2. The first-order valence-electron chi connectivity index (χ1n) is 6.51. The zero-order chi connectivity index (χ0) is 15.7. The van der Waals surface area contributed by atoms with Crippen molar-refractivity contribution in [2.24, 2.45) is 21.8 Å². The van der Waals surface area contributed by atoms with Gasteiger partial charge in [-0.25, -0.2) is 9.98 Å². The SMILES string of the molecule is COC1=NC2CC([N+](=O)[O-])C(C)C(C(=O)O)C2N=C1OC. The lowest BCUT2D eigenvalue weighted by molar-refractivity contribution is -0.537. The highest BCUT2D eigenvalue weighted by Gasteiger charge is 2.53. The van der Waals surface area contributed by atoms with Crippen molar-refractivity contribution in [1.29, 1.82) is 0 Å². The summed E-state index contributed by atoms with van der Waals surface area (Å²) in [6.45, 7) is 1.57. The van der Waals surface area contributed by atoms with E-state index in [9.17, 15) is 20.0 Å². The number of carboxylic acids is 1. The van der Waals surface area contributed by atoms with Crippen molar-refractivity contribution in [3.05, 3.63) is 10.1 Å². The molecule has 1 N–H and O–H groups in total. The molecule has 0 amide bonds. The maximum atomic E-state index is 11.5. The van der Waals surface area contributed by atoms with Crippen LogP contribution in [0.15, 0.2) is 9.98 Å². The zero-order valence-electron chi connectivity index (χ0n) is 11.9. The van der Waals surface area contributed by atoms with Gasteiger partial charge in [0.25, 0.3) is 11.8 Å². The van der Waals surface area contributed by atoms with Gasteiger partial charge in [-0.2, -0.15) is 0 Å². The van der Waals surface area contributed by atoms with Gasteiger partial charge in [-0.15, -0.1) is 0 Å². The zero-order valence-corrected chi connectivity index (χ0v) is 11.9. The minimum atomic E-state index is -1.11. The first kappa shape index (κ1) is 15.2. The summed E-state index contributed by atoms with van der Waals surface area (Å²) in [6, 6.07) is -2.23. The molecule has 1 fully saturated rings. The minimum absolute atomic E-state index is 0.122. The topological polar surface area (TPSA) is 124 Å². The van der Waals surface area contributed by atoms with Crippen LogP contribution in [0, 0.1) is 22.0 Å². The molecule has 5 unspecified atom stereocenters. The Balaban J connectivity index is 2.42. The van der Waals surface area contributed by atoms with Gasteiger partial charge in [-0.1, -0.05) is 6.92 Å². The lowest BCUT2D eigenvalue weighted by atomic mass is 9.71. The molecule has 2 rings (SSSR count). The third-order valence-corrected chi connectivity index (χ3v) is 4.09. The highest BCUT2D eigenvalue weighted by Crippen LogP contribution is 2.37. The number of nitrogens with zero attached hydrogens (tertiary/aromatic N) is 3. The van der Waals surface area contributed by atoms with Crippen LogP contribution in [0.2, 0.25) is 0 Å². The van der Waals surface area contributed by atoms with Crippen molar-refractivity contribution in [3.8, 4) is 0 Å². The molecule has 5 atom stereocenters. The normalized spacial score (nSPS) is 35.1. The standard InChI is InChI=1S/C12H17N3O6/c1-5-7(15(18)19)4-6-9(8(5)12(16)17)14-11(21-3)10(13-6)20-2/h5-9H,4H2,1-3H3,(H,16,17). The van der Waals surface area contributed by atoms with Gasteiger partial charge in [0.1, 0.15) is 0 Å². The monoisotopic (exact) mass is 299 g/mol. The van der Waals surface area contributed by atoms with E-state index in [0.717, 1.165) is 0 Å². The van der Waals surface area contributed by atoms with E-state index in [4.69, 9.17) is 9.47 Å². The number of ether oxygens (including phenoxy) is 2. The van der Waals surface area contributed by atoms with E-state index in [2.05, 4.69) is 9.98 Å². The second-order valence-corrected chi connectivity index (χ2v) is 5.15. The molecule has 1 saturated carbocycles. The Bertz CT molecular complexity index is 517. The van der Waals surface area contributed by atoms with Crippen molar-refractivity contribution in [3.63, 3.8) is 0 Å². The van der Waals surface area contributed by atoms with E-state index in [1.807, 2.05) is 0 Å². The largest absolute Gasteiger partial charge is 0.481 e. The third-order valence-electron chi connectivity index (χ3n) is 4.09. The van der Waals surface area contributed by atoms with Crippen molar-refractivity contribution in [2.75, 3.05) is 14.2 Å². The van der Waals surface area contributed by atoms with Crippen molar-refractivity contribution in [2.45, 2.75) is 31.5 Å². The summed E-state index contributed by atoms with van der Waals surface area (Å²) >= 11 is 0. The Labute approximate surface area is 120 Å². The average Bonchev–Trinajstić information content (AvgIpc) is 2.44. The smallest absolute Gasteiger partial charge is 0.309 e. The Morgan fingerprint density at radius 1 is 1.33 bits per heavy atom. The van der Waals surface area contributed by atoms with Crippen LogP contribution in [-0.4, -0.2) is 60.1 Å². The molecule has 9 heteroatoms. The summed E-state index contributed by atoms with van der Waals surface area (Å²) in [7, 11) is 2.77. The van der Waals surface area contributed by atoms with Crippen LogP contribution >= 0.6 is 0 Å². The summed E-state index contributed by atoms with van der Waals surface area (Å²) in [5.74, 6) is -2.47. The van der Waals surface area contributed by atoms with Gasteiger partial charge in [0.05, 0.1) is 32.2 Å².